The van der Waals surface area contributed by atoms with E-state index in [-0.39, 0.29) is 35.4 Å². The van der Waals surface area contributed by atoms with Crippen LogP contribution in [0.15, 0.2) is 22.7 Å². The number of hydrogen-bond donors (Lipinski definition) is 3. The van der Waals surface area contributed by atoms with Crippen LogP contribution in [0.3, 0.4) is 0 Å². The predicted octanol–water partition coefficient (Wildman–Crippen LogP) is 1.39. The SMILES string of the molecule is CCOC1CC(N)C1NC(=O)c1ccc(Br)cc1O. The number of aromatic hydroxyl groups is 1. The van der Waals surface area contributed by atoms with Crippen molar-refractivity contribution >= 4 is 21.8 Å². The standard InChI is InChI=1S/C13H17BrN2O3/c1-2-19-11-6-9(15)12(11)16-13(18)8-4-3-7(14)5-10(8)17/h3-5,9,11-12,17H,2,6,15H2,1H3,(H,16,18). The number of amides is 1. The van der Waals surface area contributed by atoms with Crippen molar-refractivity contribution < 1.29 is 14.6 Å². The highest BCUT2D eigenvalue weighted by atomic mass is 79.9. The van der Waals surface area contributed by atoms with Gasteiger partial charge in [-0.1, -0.05) is 15.9 Å². The number of phenolic OH excluding ortho intramolecular Hbond substituents is 1. The van der Waals surface area contributed by atoms with Crippen LogP contribution in [-0.2, 0) is 4.74 Å². The number of carbonyl (C=O) groups excluding carboxylic acids is 1. The second kappa shape index (κ2) is 5.90. The summed E-state index contributed by atoms with van der Waals surface area (Å²) in [6.45, 7) is 2.50. The van der Waals surface area contributed by atoms with E-state index in [4.69, 9.17) is 10.5 Å². The van der Waals surface area contributed by atoms with Gasteiger partial charge in [-0.15, -0.1) is 0 Å². The number of halogens is 1. The van der Waals surface area contributed by atoms with E-state index < -0.39 is 0 Å². The van der Waals surface area contributed by atoms with Crippen LogP contribution < -0.4 is 11.1 Å². The van der Waals surface area contributed by atoms with Crippen molar-refractivity contribution in [1.82, 2.24) is 5.32 Å². The summed E-state index contributed by atoms with van der Waals surface area (Å²) in [5.74, 6) is -0.400. The average molecular weight is 329 g/mol. The Morgan fingerprint density at radius 3 is 2.95 bits per heavy atom. The number of benzene rings is 1. The number of rotatable bonds is 4. The van der Waals surface area contributed by atoms with E-state index in [0.29, 0.717) is 11.1 Å². The van der Waals surface area contributed by atoms with Crippen molar-refractivity contribution in [2.75, 3.05) is 6.61 Å². The Bertz CT molecular complexity index is 479. The fourth-order valence-electron chi connectivity index (χ4n) is 2.15. The first-order valence-electron chi connectivity index (χ1n) is 6.19. The third-order valence-corrected chi connectivity index (χ3v) is 3.74. The molecule has 1 aliphatic rings. The third-order valence-electron chi connectivity index (χ3n) is 3.25. The van der Waals surface area contributed by atoms with Crippen molar-refractivity contribution in [3.05, 3.63) is 28.2 Å². The fraction of sp³-hybridized carbons (Fsp3) is 0.462. The molecule has 0 aromatic heterocycles. The highest BCUT2D eigenvalue weighted by Gasteiger charge is 2.40. The second-order valence-corrected chi connectivity index (χ2v) is 5.47. The molecule has 0 saturated heterocycles. The Morgan fingerprint density at radius 2 is 2.37 bits per heavy atom. The minimum atomic E-state index is -0.338. The first kappa shape index (κ1) is 14.3. The Labute approximate surface area is 120 Å². The zero-order valence-corrected chi connectivity index (χ0v) is 12.2. The molecule has 4 N–H and O–H groups in total. The molecule has 1 aromatic rings. The quantitative estimate of drug-likeness (QED) is 0.779. The van der Waals surface area contributed by atoms with E-state index in [1.54, 1.807) is 12.1 Å². The molecule has 2 rings (SSSR count). The molecular weight excluding hydrogens is 312 g/mol. The van der Waals surface area contributed by atoms with Crippen LogP contribution in [0.25, 0.3) is 0 Å². The number of nitrogens with two attached hydrogens (primary N) is 1. The van der Waals surface area contributed by atoms with E-state index in [2.05, 4.69) is 21.2 Å². The fourth-order valence-corrected chi connectivity index (χ4v) is 2.50. The maximum Gasteiger partial charge on any atom is 0.255 e. The number of carbonyl (C=O) groups is 1. The number of phenols is 1. The molecule has 0 radical (unpaired) electrons. The van der Waals surface area contributed by atoms with Crippen molar-refractivity contribution in [1.29, 1.82) is 0 Å². The van der Waals surface area contributed by atoms with Crippen LogP contribution in [-0.4, -0.2) is 35.8 Å². The largest absolute Gasteiger partial charge is 0.507 e. The third kappa shape index (κ3) is 3.08. The molecule has 0 heterocycles. The van der Waals surface area contributed by atoms with Gasteiger partial charge in [0.25, 0.3) is 5.91 Å². The lowest BCUT2D eigenvalue weighted by atomic mass is 9.83. The van der Waals surface area contributed by atoms with Crippen LogP contribution in [0, 0.1) is 0 Å². The van der Waals surface area contributed by atoms with E-state index in [0.717, 1.165) is 6.42 Å². The van der Waals surface area contributed by atoms with Crippen LogP contribution in [0.5, 0.6) is 5.75 Å². The molecule has 19 heavy (non-hydrogen) atoms. The molecule has 1 saturated carbocycles. The normalized spacial score (nSPS) is 25.7. The molecule has 1 amide bonds. The summed E-state index contributed by atoms with van der Waals surface area (Å²) in [5.41, 5.74) is 6.10. The molecule has 1 aromatic carbocycles. The summed E-state index contributed by atoms with van der Waals surface area (Å²) >= 11 is 3.23. The summed E-state index contributed by atoms with van der Waals surface area (Å²) in [6.07, 6.45) is 0.701. The Kier molecular flexibility index (Phi) is 4.44. The van der Waals surface area contributed by atoms with Crippen molar-refractivity contribution in [3.8, 4) is 5.75 Å². The van der Waals surface area contributed by atoms with Crippen molar-refractivity contribution in [2.45, 2.75) is 31.5 Å². The number of hydrogen-bond acceptors (Lipinski definition) is 4. The van der Waals surface area contributed by atoms with E-state index in [9.17, 15) is 9.90 Å². The Hall–Kier alpha value is -1.11. The summed E-state index contributed by atoms with van der Waals surface area (Å²) in [5, 5.41) is 12.6. The van der Waals surface area contributed by atoms with E-state index in [1.165, 1.54) is 6.07 Å². The summed E-state index contributed by atoms with van der Waals surface area (Å²) in [7, 11) is 0. The average Bonchev–Trinajstić information content (AvgIpc) is 2.35. The predicted molar refractivity (Wildman–Crippen MR) is 75.1 cm³/mol. The molecule has 104 valence electrons. The van der Waals surface area contributed by atoms with Crippen LogP contribution >= 0.6 is 15.9 Å². The van der Waals surface area contributed by atoms with Crippen molar-refractivity contribution in [3.63, 3.8) is 0 Å². The van der Waals surface area contributed by atoms with Gasteiger partial charge in [0.15, 0.2) is 0 Å². The molecule has 1 fully saturated rings. The van der Waals surface area contributed by atoms with Gasteiger partial charge in [0.05, 0.1) is 17.7 Å². The van der Waals surface area contributed by atoms with Crippen LogP contribution in [0.4, 0.5) is 0 Å². The first-order valence-corrected chi connectivity index (χ1v) is 6.98. The molecule has 3 unspecified atom stereocenters. The van der Waals surface area contributed by atoms with Crippen molar-refractivity contribution in [2.24, 2.45) is 5.73 Å². The molecule has 0 spiro atoms. The molecule has 1 aliphatic carbocycles. The lowest BCUT2D eigenvalue weighted by Gasteiger charge is -2.42. The molecule has 6 heteroatoms. The van der Waals surface area contributed by atoms with E-state index in [1.807, 2.05) is 6.92 Å². The Morgan fingerprint density at radius 1 is 1.63 bits per heavy atom. The first-order chi connectivity index (χ1) is 9.02. The van der Waals surface area contributed by atoms with Gasteiger partial charge in [0.1, 0.15) is 5.75 Å². The topological polar surface area (TPSA) is 84.6 Å². The molecular formula is C13H17BrN2O3. The maximum atomic E-state index is 12.1. The minimum Gasteiger partial charge on any atom is -0.507 e. The van der Waals surface area contributed by atoms with Gasteiger partial charge in [0, 0.05) is 17.1 Å². The minimum absolute atomic E-state index is 0.0402. The second-order valence-electron chi connectivity index (χ2n) is 4.55. The van der Waals surface area contributed by atoms with Crippen LogP contribution in [0.2, 0.25) is 0 Å². The monoisotopic (exact) mass is 328 g/mol. The summed E-state index contributed by atoms with van der Waals surface area (Å²) < 4.78 is 6.20. The van der Waals surface area contributed by atoms with Crippen LogP contribution in [0.1, 0.15) is 23.7 Å². The number of ether oxygens (including phenoxy) is 1. The molecule has 3 atom stereocenters. The molecule has 0 bridgehead atoms. The van der Waals surface area contributed by atoms with E-state index >= 15 is 0 Å². The summed E-state index contributed by atoms with van der Waals surface area (Å²) in [4.78, 5) is 12.1. The van der Waals surface area contributed by atoms with Gasteiger partial charge in [-0.05, 0) is 31.5 Å². The zero-order valence-electron chi connectivity index (χ0n) is 10.6. The molecule has 5 nitrogen and oxygen atoms in total. The smallest absolute Gasteiger partial charge is 0.255 e. The van der Waals surface area contributed by atoms with Gasteiger partial charge < -0.3 is 20.9 Å². The van der Waals surface area contributed by atoms with Gasteiger partial charge in [-0.25, -0.2) is 0 Å². The lowest BCUT2D eigenvalue weighted by molar-refractivity contribution is -0.0300. The summed E-state index contributed by atoms with van der Waals surface area (Å²) in [6, 6.07) is 4.45. The van der Waals surface area contributed by atoms with Gasteiger partial charge in [-0.2, -0.15) is 0 Å². The zero-order chi connectivity index (χ0) is 14.0. The Balaban J connectivity index is 2.04. The van der Waals surface area contributed by atoms with Gasteiger partial charge in [-0.3, -0.25) is 4.79 Å². The maximum absolute atomic E-state index is 12.1. The molecule has 0 aliphatic heterocycles. The van der Waals surface area contributed by atoms with Gasteiger partial charge >= 0.3 is 0 Å². The van der Waals surface area contributed by atoms with Gasteiger partial charge in [0.2, 0.25) is 0 Å². The highest BCUT2D eigenvalue weighted by molar-refractivity contribution is 9.10. The highest BCUT2D eigenvalue weighted by Crippen LogP contribution is 2.25. The number of nitrogens with one attached hydrogen (secondary N) is 1. The lowest BCUT2D eigenvalue weighted by Crippen LogP contribution is -2.64.